The van der Waals surface area contributed by atoms with Gasteiger partial charge in [-0.2, -0.15) is 10.2 Å². The normalized spacial score (nSPS) is 13.3. The molecule has 6 rings (SSSR count). The molecular weight excluding hydrogens is 573 g/mol. The highest BCUT2D eigenvalue weighted by molar-refractivity contribution is 7.18. The summed E-state index contributed by atoms with van der Waals surface area (Å²) in [4.78, 5) is 30.3. The maximum atomic E-state index is 14.5. The van der Waals surface area contributed by atoms with Gasteiger partial charge in [-0.3, -0.25) is 19.0 Å². The van der Waals surface area contributed by atoms with Gasteiger partial charge in [0.25, 0.3) is 0 Å². The van der Waals surface area contributed by atoms with Gasteiger partial charge in [-0.05, 0) is 29.7 Å². The van der Waals surface area contributed by atoms with Gasteiger partial charge in [0, 0.05) is 71.0 Å². The summed E-state index contributed by atoms with van der Waals surface area (Å²) in [7, 11) is 1.57. The Morgan fingerprint density at radius 1 is 1.14 bits per heavy atom. The number of nitrogens with zero attached hydrogens (tertiary/aromatic N) is 6. The number of thiophene rings is 1. The molecule has 1 aromatic carbocycles. The number of likely N-dealkylation sites (tertiary alicyclic amines) is 1. The molecule has 0 unspecified atom stereocenters. The number of carbonyl (C=O) groups is 2. The molecule has 1 aliphatic rings. The summed E-state index contributed by atoms with van der Waals surface area (Å²) >= 11 is 1.52. The van der Waals surface area contributed by atoms with E-state index < -0.39 is 11.7 Å². The number of pyridine rings is 1. The van der Waals surface area contributed by atoms with Gasteiger partial charge in [0.1, 0.15) is 24.7 Å². The molecule has 5 heterocycles. The zero-order chi connectivity index (χ0) is 30.1. The number of primary amides is 1. The zero-order valence-corrected chi connectivity index (χ0v) is 24.1. The van der Waals surface area contributed by atoms with Crippen LogP contribution in [0.25, 0.3) is 43.7 Å². The molecule has 0 aliphatic carbocycles. The summed E-state index contributed by atoms with van der Waals surface area (Å²) in [5.41, 5.74) is 9.53. The van der Waals surface area contributed by atoms with Crippen LogP contribution in [0.15, 0.2) is 67.1 Å². The van der Waals surface area contributed by atoms with Crippen molar-refractivity contribution < 1.29 is 23.5 Å². The van der Waals surface area contributed by atoms with Crippen LogP contribution in [-0.2, 0) is 20.9 Å². The first-order chi connectivity index (χ1) is 20.9. The molecule has 0 spiro atoms. The lowest BCUT2D eigenvalue weighted by atomic mass is 9.96. The Balaban J connectivity index is 1.51. The van der Waals surface area contributed by atoms with E-state index in [1.807, 2.05) is 22.3 Å². The number of nitrogens with two attached hydrogens (primary N) is 1. The molecule has 1 aliphatic heterocycles. The predicted molar refractivity (Wildman–Crippen MR) is 160 cm³/mol. The summed E-state index contributed by atoms with van der Waals surface area (Å²) in [6.07, 6.45) is 8.32. The van der Waals surface area contributed by atoms with Gasteiger partial charge in [0.15, 0.2) is 0 Å². The van der Waals surface area contributed by atoms with Crippen LogP contribution in [0.5, 0.6) is 5.75 Å². The lowest BCUT2D eigenvalue weighted by molar-refractivity contribution is -0.131. The molecule has 0 saturated carbocycles. The predicted octanol–water partition coefficient (Wildman–Crippen LogP) is 3.91. The van der Waals surface area contributed by atoms with Crippen molar-refractivity contribution in [1.82, 2.24) is 29.4 Å². The van der Waals surface area contributed by atoms with Gasteiger partial charge < -0.3 is 20.1 Å². The maximum Gasteiger partial charge on any atom is 0.246 e. The van der Waals surface area contributed by atoms with Crippen molar-refractivity contribution >= 4 is 33.2 Å². The molecule has 2 amide bonds. The fourth-order valence-electron chi connectivity index (χ4n) is 5.08. The van der Waals surface area contributed by atoms with E-state index in [1.54, 1.807) is 36.7 Å². The Hall–Kier alpha value is -4.88. The zero-order valence-electron chi connectivity index (χ0n) is 23.3. The molecular formula is C30H28FN7O4S. The number of fused-ring (bicyclic) bond motifs is 1. The molecule has 5 aromatic rings. The van der Waals surface area contributed by atoms with Crippen LogP contribution in [0, 0.1) is 5.82 Å². The highest BCUT2D eigenvalue weighted by Crippen LogP contribution is 2.46. The Bertz CT molecular complexity index is 1840. The van der Waals surface area contributed by atoms with Crippen molar-refractivity contribution in [2.24, 2.45) is 5.73 Å². The average molecular weight is 602 g/mol. The fraction of sp³-hybridized carbons (Fsp3) is 0.233. The monoisotopic (exact) mass is 601 g/mol. The van der Waals surface area contributed by atoms with Gasteiger partial charge in [0.05, 0.1) is 36.4 Å². The minimum Gasteiger partial charge on any atom is -0.490 e. The smallest absolute Gasteiger partial charge is 0.246 e. The molecule has 4 aromatic heterocycles. The molecule has 1 saturated heterocycles. The van der Waals surface area contributed by atoms with Crippen molar-refractivity contribution in [3.8, 4) is 39.4 Å². The van der Waals surface area contributed by atoms with Crippen LogP contribution in [0.3, 0.4) is 0 Å². The second kappa shape index (κ2) is 11.8. The number of aromatic nitrogens is 5. The quantitative estimate of drug-likeness (QED) is 0.179. The standard InChI is InChI=1S/C30H28FN7O4S/c1-3-26(40)36-15-21(16-36)38-14-19(12-34-38)29-27(22-5-4-20(31)10-24(22)42-8-7-41-2)30-23(6-9-43-30)28(35-29)18-11-33-37(13-18)17-25(32)39/h3-6,9-14,21H,1,7-8,15-17H2,2H3,(H2,32,39). The molecule has 1 fully saturated rings. The van der Waals surface area contributed by atoms with E-state index in [-0.39, 0.29) is 25.1 Å². The lowest BCUT2D eigenvalue weighted by Crippen LogP contribution is -2.50. The average Bonchev–Trinajstić information content (AvgIpc) is 3.73. The van der Waals surface area contributed by atoms with E-state index in [2.05, 4.69) is 16.8 Å². The molecule has 13 heteroatoms. The summed E-state index contributed by atoms with van der Waals surface area (Å²) in [6.45, 7) is 5.12. The van der Waals surface area contributed by atoms with Crippen LogP contribution in [0.2, 0.25) is 0 Å². The van der Waals surface area contributed by atoms with Crippen molar-refractivity contribution in [3.05, 3.63) is 72.9 Å². The number of carbonyl (C=O) groups excluding carboxylic acids is 2. The minimum atomic E-state index is -0.506. The van der Waals surface area contributed by atoms with E-state index >= 15 is 0 Å². The topological polar surface area (TPSA) is 130 Å². The van der Waals surface area contributed by atoms with E-state index in [9.17, 15) is 14.0 Å². The van der Waals surface area contributed by atoms with E-state index in [4.69, 9.17) is 20.2 Å². The van der Waals surface area contributed by atoms with Gasteiger partial charge in [-0.25, -0.2) is 9.37 Å². The van der Waals surface area contributed by atoms with Crippen LogP contribution in [0.1, 0.15) is 6.04 Å². The van der Waals surface area contributed by atoms with Crippen LogP contribution >= 0.6 is 11.3 Å². The van der Waals surface area contributed by atoms with Gasteiger partial charge in [-0.1, -0.05) is 6.58 Å². The van der Waals surface area contributed by atoms with Crippen molar-refractivity contribution in [3.63, 3.8) is 0 Å². The third-order valence-electron chi connectivity index (χ3n) is 7.19. The number of hydrogen-bond acceptors (Lipinski definition) is 8. The number of rotatable bonds is 11. The largest absolute Gasteiger partial charge is 0.490 e. The van der Waals surface area contributed by atoms with Gasteiger partial charge >= 0.3 is 0 Å². The highest BCUT2D eigenvalue weighted by Gasteiger charge is 2.32. The number of hydrogen-bond donors (Lipinski definition) is 1. The van der Waals surface area contributed by atoms with Gasteiger partial charge in [0.2, 0.25) is 11.8 Å². The van der Waals surface area contributed by atoms with Crippen molar-refractivity contribution in [2.75, 3.05) is 33.4 Å². The molecule has 11 nitrogen and oxygen atoms in total. The first kappa shape index (κ1) is 28.2. The van der Waals surface area contributed by atoms with Crippen LogP contribution < -0.4 is 10.5 Å². The Morgan fingerprint density at radius 2 is 1.93 bits per heavy atom. The van der Waals surface area contributed by atoms with Crippen molar-refractivity contribution in [2.45, 2.75) is 12.6 Å². The Labute approximate surface area is 249 Å². The number of amides is 2. The third kappa shape index (κ3) is 5.51. The van der Waals surface area contributed by atoms with Crippen LogP contribution in [0.4, 0.5) is 4.39 Å². The molecule has 43 heavy (non-hydrogen) atoms. The first-order valence-electron chi connectivity index (χ1n) is 13.5. The fourth-order valence-corrected chi connectivity index (χ4v) is 6.04. The Morgan fingerprint density at radius 3 is 2.70 bits per heavy atom. The molecule has 2 N–H and O–H groups in total. The third-order valence-corrected chi connectivity index (χ3v) is 8.12. The highest BCUT2D eigenvalue weighted by atomic mass is 32.1. The van der Waals surface area contributed by atoms with E-state index in [1.165, 1.54) is 34.2 Å². The summed E-state index contributed by atoms with van der Waals surface area (Å²) in [5, 5.41) is 11.7. The second-order valence-corrected chi connectivity index (χ2v) is 10.9. The SMILES string of the molecule is C=CC(=O)N1CC(n2cc(-c3nc(-c4cnn(CC(N)=O)c4)c4ccsc4c3-c3ccc(F)cc3OCCOC)cn2)C1. The molecule has 0 radical (unpaired) electrons. The van der Waals surface area contributed by atoms with Crippen molar-refractivity contribution in [1.29, 1.82) is 0 Å². The maximum absolute atomic E-state index is 14.5. The number of halogens is 1. The van der Waals surface area contributed by atoms with E-state index in [0.29, 0.717) is 48.0 Å². The summed E-state index contributed by atoms with van der Waals surface area (Å²) in [6, 6.07) is 6.43. The van der Waals surface area contributed by atoms with E-state index in [0.717, 1.165) is 21.2 Å². The lowest BCUT2D eigenvalue weighted by Gasteiger charge is -2.38. The van der Waals surface area contributed by atoms with Crippen LogP contribution in [-0.4, -0.2) is 74.7 Å². The number of benzene rings is 1. The summed E-state index contributed by atoms with van der Waals surface area (Å²) in [5.74, 6) is -0.687. The second-order valence-electron chi connectivity index (χ2n) is 10.0. The molecule has 220 valence electrons. The summed E-state index contributed by atoms with van der Waals surface area (Å²) < 4.78 is 29.8. The number of methoxy groups -OCH3 is 1. The molecule has 0 bridgehead atoms. The molecule has 0 atom stereocenters. The number of ether oxygens (including phenoxy) is 2. The van der Waals surface area contributed by atoms with Gasteiger partial charge in [-0.15, -0.1) is 11.3 Å². The minimum absolute atomic E-state index is 0.0110. The Kier molecular flexibility index (Phi) is 7.74. The first-order valence-corrected chi connectivity index (χ1v) is 14.3.